The van der Waals surface area contributed by atoms with E-state index in [1.807, 2.05) is 34.6 Å². The molecule has 19 heavy (non-hydrogen) atoms. The number of aryl methyl sites for hydroxylation is 1. The first-order valence-electron chi connectivity index (χ1n) is 6.18. The van der Waals surface area contributed by atoms with Crippen molar-refractivity contribution in [2.24, 2.45) is 0 Å². The molecule has 1 N–H and O–H groups in total. The van der Waals surface area contributed by atoms with E-state index in [0.29, 0.717) is 4.90 Å². The van der Waals surface area contributed by atoms with E-state index in [0.717, 1.165) is 22.4 Å². The highest BCUT2D eigenvalue weighted by Gasteiger charge is 2.25. The van der Waals surface area contributed by atoms with Crippen LogP contribution < -0.4 is 9.46 Å². The molecule has 0 radical (unpaired) electrons. The van der Waals surface area contributed by atoms with E-state index in [1.54, 1.807) is 20.1 Å². The minimum absolute atomic E-state index is 0.318. The molecule has 0 aliphatic carbocycles. The van der Waals surface area contributed by atoms with Gasteiger partial charge in [0.2, 0.25) is 10.0 Å². The van der Waals surface area contributed by atoms with Gasteiger partial charge in [0.25, 0.3) is 0 Å². The molecule has 5 heteroatoms. The number of ether oxygens (including phenoxy) is 1. The van der Waals surface area contributed by atoms with Crippen LogP contribution in [0.2, 0.25) is 0 Å². The van der Waals surface area contributed by atoms with Crippen molar-refractivity contribution < 1.29 is 13.2 Å². The fourth-order valence-electron chi connectivity index (χ4n) is 2.07. The number of methoxy groups -OCH3 is 1. The SMILES string of the molecule is COc1c(C)cc(S(=O)(=O)NC(C)(C)C)c(C)c1C. The molecule has 1 rings (SSSR count). The van der Waals surface area contributed by atoms with Crippen LogP contribution in [0.3, 0.4) is 0 Å². The molecule has 0 unspecified atom stereocenters. The van der Waals surface area contributed by atoms with Crippen molar-refractivity contribution in [3.05, 3.63) is 22.8 Å². The molecule has 0 aliphatic heterocycles. The van der Waals surface area contributed by atoms with Crippen LogP contribution in [0.4, 0.5) is 0 Å². The Hall–Kier alpha value is -1.07. The normalized spacial score (nSPS) is 12.6. The van der Waals surface area contributed by atoms with Crippen molar-refractivity contribution in [2.75, 3.05) is 7.11 Å². The first-order valence-corrected chi connectivity index (χ1v) is 7.66. The van der Waals surface area contributed by atoms with E-state index in [4.69, 9.17) is 4.74 Å². The minimum atomic E-state index is -3.52. The van der Waals surface area contributed by atoms with E-state index < -0.39 is 15.6 Å². The zero-order valence-electron chi connectivity index (χ0n) is 12.7. The molecule has 0 heterocycles. The predicted octanol–water partition coefficient (Wildman–Crippen LogP) is 2.70. The van der Waals surface area contributed by atoms with Gasteiger partial charge >= 0.3 is 0 Å². The second-order valence-electron chi connectivity index (χ2n) is 5.83. The zero-order chi connectivity index (χ0) is 15.0. The Labute approximate surface area is 116 Å². The molecule has 0 spiro atoms. The molecule has 0 aromatic heterocycles. The van der Waals surface area contributed by atoms with Crippen LogP contribution in [0.15, 0.2) is 11.0 Å². The maximum atomic E-state index is 12.4. The lowest BCUT2D eigenvalue weighted by Crippen LogP contribution is -2.40. The summed E-state index contributed by atoms with van der Waals surface area (Å²) in [6, 6.07) is 1.66. The van der Waals surface area contributed by atoms with E-state index in [9.17, 15) is 8.42 Å². The van der Waals surface area contributed by atoms with E-state index in [-0.39, 0.29) is 0 Å². The Morgan fingerprint density at radius 2 is 1.63 bits per heavy atom. The number of hydrogen-bond acceptors (Lipinski definition) is 3. The summed E-state index contributed by atoms with van der Waals surface area (Å²) in [7, 11) is -1.93. The predicted molar refractivity (Wildman–Crippen MR) is 77.3 cm³/mol. The second-order valence-corrected chi connectivity index (χ2v) is 7.48. The van der Waals surface area contributed by atoms with Crippen LogP contribution in [-0.4, -0.2) is 21.1 Å². The van der Waals surface area contributed by atoms with Crippen molar-refractivity contribution in [3.63, 3.8) is 0 Å². The Bertz CT molecular complexity index is 584. The van der Waals surface area contributed by atoms with Gasteiger partial charge in [-0.1, -0.05) is 0 Å². The standard InChI is InChI=1S/C14H23NO3S/c1-9-8-12(10(2)11(3)13(9)18-7)19(16,17)15-14(4,5)6/h8,15H,1-7H3. The molecule has 108 valence electrons. The number of nitrogens with one attached hydrogen (secondary N) is 1. The van der Waals surface area contributed by atoms with Crippen LogP contribution in [0.1, 0.15) is 37.5 Å². The van der Waals surface area contributed by atoms with Gasteiger partial charge in [-0.2, -0.15) is 0 Å². The number of sulfonamides is 1. The Kier molecular flexibility index (Phi) is 4.32. The molecular weight excluding hydrogens is 262 g/mol. The molecule has 0 aliphatic rings. The fraction of sp³-hybridized carbons (Fsp3) is 0.571. The van der Waals surface area contributed by atoms with Gasteiger partial charge in [0, 0.05) is 5.54 Å². The smallest absolute Gasteiger partial charge is 0.241 e. The van der Waals surface area contributed by atoms with Crippen LogP contribution in [0, 0.1) is 20.8 Å². The molecule has 1 aromatic carbocycles. The second kappa shape index (κ2) is 5.13. The summed E-state index contributed by atoms with van der Waals surface area (Å²) in [5.74, 6) is 0.743. The van der Waals surface area contributed by atoms with Crippen molar-refractivity contribution in [1.29, 1.82) is 0 Å². The lowest BCUT2D eigenvalue weighted by Gasteiger charge is -2.22. The third-order valence-electron chi connectivity index (χ3n) is 2.91. The molecule has 0 saturated carbocycles. The summed E-state index contributed by atoms with van der Waals surface area (Å²) in [5.41, 5.74) is 1.89. The third kappa shape index (κ3) is 3.48. The molecule has 0 fully saturated rings. The highest BCUT2D eigenvalue weighted by atomic mass is 32.2. The molecule has 0 saturated heterocycles. The molecule has 0 bridgehead atoms. The summed E-state index contributed by atoms with van der Waals surface area (Å²) >= 11 is 0. The van der Waals surface area contributed by atoms with E-state index >= 15 is 0 Å². The first kappa shape index (κ1) is 16.0. The molecule has 1 aromatic rings. The molecule has 0 amide bonds. The summed E-state index contributed by atoms with van der Waals surface area (Å²) in [5, 5.41) is 0. The minimum Gasteiger partial charge on any atom is -0.496 e. The van der Waals surface area contributed by atoms with Crippen molar-refractivity contribution in [3.8, 4) is 5.75 Å². The largest absolute Gasteiger partial charge is 0.496 e. The molecule has 4 nitrogen and oxygen atoms in total. The van der Waals surface area contributed by atoms with Crippen molar-refractivity contribution in [2.45, 2.75) is 52.0 Å². The van der Waals surface area contributed by atoms with Gasteiger partial charge in [-0.25, -0.2) is 13.1 Å². The van der Waals surface area contributed by atoms with Crippen molar-refractivity contribution >= 4 is 10.0 Å². The monoisotopic (exact) mass is 285 g/mol. The third-order valence-corrected chi connectivity index (χ3v) is 4.80. The number of hydrogen-bond donors (Lipinski definition) is 1. The Balaban J connectivity index is 3.45. The molecule has 0 atom stereocenters. The quantitative estimate of drug-likeness (QED) is 0.929. The maximum absolute atomic E-state index is 12.4. The van der Waals surface area contributed by atoms with Gasteiger partial charge in [0.15, 0.2) is 0 Å². The van der Waals surface area contributed by atoms with Crippen molar-refractivity contribution in [1.82, 2.24) is 4.72 Å². The number of rotatable bonds is 3. The molecular formula is C14H23NO3S. The van der Waals surface area contributed by atoms with Crippen LogP contribution in [0.25, 0.3) is 0 Å². The lowest BCUT2D eigenvalue weighted by atomic mass is 10.1. The van der Waals surface area contributed by atoms with E-state index in [1.165, 1.54) is 0 Å². The zero-order valence-corrected chi connectivity index (χ0v) is 13.5. The summed E-state index contributed by atoms with van der Waals surface area (Å²) in [6.45, 7) is 11.0. The first-order chi connectivity index (χ1) is 8.49. The average Bonchev–Trinajstić information content (AvgIpc) is 2.20. The Morgan fingerprint density at radius 1 is 1.11 bits per heavy atom. The maximum Gasteiger partial charge on any atom is 0.241 e. The van der Waals surface area contributed by atoms with Gasteiger partial charge in [0.1, 0.15) is 5.75 Å². The van der Waals surface area contributed by atoms with Gasteiger partial charge in [0.05, 0.1) is 12.0 Å². The van der Waals surface area contributed by atoms with Gasteiger partial charge in [-0.15, -0.1) is 0 Å². The van der Waals surface area contributed by atoms with Gasteiger partial charge in [-0.3, -0.25) is 0 Å². The highest BCUT2D eigenvalue weighted by molar-refractivity contribution is 7.89. The topological polar surface area (TPSA) is 55.4 Å². The summed E-state index contributed by atoms with van der Waals surface area (Å²) < 4.78 is 32.8. The summed E-state index contributed by atoms with van der Waals surface area (Å²) in [4.78, 5) is 0.318. The summed E-state index contributed by atoms with van der Waals surface area (Å²) in [6.07, 6.45) is 0. The van der Waals surface area contributed by atoms with Crippen LogP contribution in [-0.2, 0) is 10.0 Å². The van der Waals surface area contributed by atoms with Gasteiger partial charge < -0.3 is 4.74 Å². The van der Waals surface area contributed by atoms with Gasteiger partial charge in [-0.05, 0) is 64.3 Å². The van der Waals surface area contributed by atoms with Crippen LogP contribution in [0.5, 0.6) is 5.75 Å². The lowest BCUT2D eigenvalue weighted by molar-refractivity contribution is 0.407. The van der Waals surface area contributed by atoms with Crippen LogP contribution >= 0.6 is 0 Å². The highest BCUT2D eigenvalue weighted by Crippen LogP contribution is 2.31. The Morgan fingerprint density at radius 3 is 2.05 bits per heavy atom. The average molecular weight is 285 g/mol. The number of benzene rings is 1. The van der Waals surface area contributed by atoms with E-state index in [2.05, 4.69) is 4.72 Å². The fourth-order valence-corrected chi connectivity index (χ4v) is 3.88.